The molecule has 0 spiro atoms. The first-order valence-corrected chi connectivity index (χ1v) is 8.73. The SMILES string of the molecule is CC(c1ccccc1)c1cc(C2CCCCC2)cc(C(=O)O)c1O. The van der Waals surface area contributed by atoms with E-state index in [1.54, 1.807) is 6.07 Å². The summed E-state index contributed by atoms with van der Waals surface area (Å²) in [6, 6.07) is 13.6. The number of aromatic hydroxyl groups is 1. The summed E-state index contributed by atoms with van der Waals surface area (Å²) >= 11 is 0. The lowest BCUT2D eigenvalue weighted by atomic mass is 9.81. The van der Waals surface area contributed by atoms with Crippen LogP contribution in [0.5, 0.6) is 5.75 Å². The molecule has 1 fully saturated rings. The normalized spacial score (nSPS) is 16.7. The van der Waals surface area contributed by atoms with E-state index < -0.39 is 5.97 Å². The van der Waals surface area contributed by atoms with E-state index in [2.05, 4.69) is 0 Å². The molecule has 1 unspecified atom stereocenters. The number of aromatic carboxylic acids is 1. The van der Waals surface area contributed by atoms with Crippen molar-refractivity contribution in [1.82, 2.24) is 0 Å². The van der Waals surface area contributed by atoms with Crippen molar-refractivity contribution in [2.75, 3.05) is 0 Å². The Morgan fingerprint density at radius 3 is 2.38 bits per heavy atom. The van der Waals surface area contributed by atoms with Crippen LogP contribution < -0.4 is 0 Å². The molecular formula is C21H24O3. The summed E-state index contributed by atoms with van der Waals surface area (Å²) in [5, 5.41) is 20.0. The van der Waals surface area contributed by atoms with E-state index in [1.807, 2.05) is 43.3 Å². The number of carboxylic acids is 1. The molecule has 1 atom stereocenters. The van der Waals surface area contributed by atoms with Crippen LogP contribution >= 0.6 is 0 Å². The number of hydrogen-bond donors (Lipinski definition) is 2. The van der Waals surface area contributed by atoms with Crippen LogP contribution in [-0.2, 0) is 0 Å². The number of hydrogen-bond acceptors (Lipinski definition) is 2. The minimum absolute atomic E-state index is 0.0239. The molecule has 2 aromatic carbocycles. The Balaban J connectivity index is 2.06. The van der Waals surface area contributed by atoms with Crippen molar-refractivity contribution in [1.29, 1.82) is 0 Å². The molecule has 0 aromatic heterocycles. The second-order valence-corrected chi connectivity index (χ2v) is 6.78. The lowest BCUT2D eigenvalue weighted by Crippen LogP contribution is -2.09. The summed E-state index contributed by atoms with van der Waals surface area (Å²) in [5.74, 6) is -0.808. The third-order valence-corrected chi connectivity index (χ3v) is 5.23. The highest BCUT2D eigenvalue weighted by molar-refractivity contribution is 5.91. The topological polar surface area (TPSA) is 57.5 Å². The van der Waals surface area contributed by atoms with Gasteiger partial charge in [-0.05, 0) is 36.0 Å². The molecule has 0 radical (unpaired) electrons. The van der Waals surface area contributed by atoms with E-state index in [-0.39, 0.29) is 17.2 Å². The van der Waals surface area contributed by atoms with Crippen LogP contribution in [0, 0.1) is 0 Å². The van der Waals surface area contributed by atoms with Crippen molar-refractivity contribution >= 4 is 5.97 Å². The predicted molar refractivity (Wildman–Crippen MR) is 94.9 cm³/mol. The Morgan fingerprint density at radius 1 is 1.08 bits per heavy atom. The van der Waals surface area contributed by atoms with Crippen LogP contribution in [-0.4, -0.2) is 16.2 Å². The minimum Gasteiger partial charge on any atom is -0.507 e. The minimum atomic E-state index is -1.06. The first kappa shape index (κ1) is 16.6. The van der Waals surface area contributed by atoms with Crippen molar-refractivity contribution < 1.29 is 15.0 Å². The Hall–Kier alpha value is -2.29. The van der Waals surface area contributed by atoms with Crippen LogP contribution in [0.4, 0.5) is 0 Å². The van der Waals surface area contributed by atoms with Crippen molar-refractivity contribution in [2.45, 2.75) is 50.9 Å². The van der Waals surface area contributed by atoms with E-state index in [9.17, 15) is 15.0 Å². The van der Waals surface area contributed by atoms with Gasteiger partial charge in [-0.2, -0.15) is 0 Å². The molecule has 3 nitrogen and oxygen atoms in total. The van der Waals surface area contributed by atoms with Crippen molar-refractivity contribution in [2.24, 2.45) is 0 Å². The predicted octanol–water partition coefficient (Wildman–Crippen LogP) is 5.29. The maximum Gasteiger partial charge on any atom is 0.339 e. The molecule has 1 aliphatic rings. The lowest BCUT2D eigenvalue weighted by Gasteiger charge is -2.24. The van der Waals surface area contributed by atoms with Crippen LogP contribution in [0.15, 0.2) is 42.5 Å². The molecule has 0 heterocycles. The van der Waals surface area contributed by atoms with Gasteiger partial charge in [-0.3, -0.25) is 0 Å². The number of phenols is 1. The maximum absolute atomic E-state index is 11.6. The van der Waals surface area contributed by atoms with Crippen LogP contribution in [0.25, 0.3) is 0 Å². The molecule has 0 saturated heterocycles. The molecule has 3 rings (SSSR count). The molecule has 0 bridgehead atoms. The highest BCUT2D eigenvalue weighted by atomic mass is 16.4. The fourth-order valence-electron chi connectivity index (χ4n) is 3.77. The number of rotatable bonds is 4. The summed E-state index contributed by atoms with van der Waals surface area (Å²) < 4.78 is 0. The quantitative estimate of drug-likeness (QED) is 0.803. The molecule has 0 amide bonds. The van der Waals surface area contributed by atoms with Crippen LogP contribution in [0.2, 0.25) is 0 Å². The van der Waals surface area contributed by atoms with Gasteiger partial charge < -0.3 is 10.2 Å². The maximum atomic E-state index is 11.6. The molecule has 2 N–H and O–H groups in total. The number of carbonyl (C=O) groups is 1. The van der Waals surface area contributed by atoms with Gasteiger partial charge in [0.1, 0.15) is 11.3 Å². The largest absolute Gasteiger partial charge is 0.507 e. The van der Waals surface area contributed by atoms with Gasteiger partial charge in [0.15, 0.2) is 0 Å². The average Bonchev–Trinajstić information content (AvgIpc) is 2.62. The van der Waals surface area contributed by atoms with Crippen LogP contribution in [0.3, 0.4) is 0 Å². The number of benzene rings is 2. The van der Waals surface area contributed by atoms with Crippen molar-refractivity contribution in [3.63, 3.8) is 0 Å². The summed E-state index contributed by atoms with van der Waals surface area (Å²) in [7, 11) is 0. The first-order chi connectivity index (χ1) is 11.6. The smallest absolute Gasteiger partial charge is 0.339 e. The highest BCUT2D eigenvalue weighted by Crippen LogP contribution is 2.39. The van der Waals surface area contributed by atoms with Crippen molar-refractivity contribution in [3.8, 4) is 5.75 Å². The molecule has 2 aromatic rings. The Labute approximate surface area is 143 Å². The van der Waals surface area contributed by atoms with Gasteiger partial charge in [-0.1, -0.05) is 62.6 Å². The Bertz CT molecular complexity index is 715. The second kappa shape index (κ2) is 7.08. The fourth-order valence-corrected chi connectivity index (χ4v) is 3.77. The summed E-state index contributed by atoms with van der Waals surface area (Å²) in [6.45, 7) is 2.01. The Morgan fingerprint density at radius 2 is 1.75 bits per heavy atom. The summed E-state index contributed by atoms with van der Waals surface area (Å²) in [6.07, 6.45) is 5.84. The van der Waals surface area contributed by atoms with Gasteiger partial charge >= 0.3 is 5.97 Å². The van der Waals surface area contributed by atoms with Crippen LogP contribution in [0.1, 0.15) is 77.9 Å². The zero-order valence-corrected chi connectivity index (χ0v) is 14.0. The van der Waals surface area contributed by atoms with E-state index >= 15 is 0 Å². The Kier molecular flexibility index (Phi) is 4.89. The molecular weight excluding hydrogens is 300 g/mol. The highest BCUT2D eigenvalue weighted by Gasteiger charge is 2.24. The van der Waals surface area contributed by atoms with Gasteiger partial charge in [0.2, 0.25) is 0 Å². The monoisotopic (exact) mass is 324 g/mol. The summed E-state index contributed by atoms with van der Waals surface area (Å²) in [4.78, 5) is 11.6. The fraction of sp³-hybridized carbons (Fsp3) is 0.381. The van der Waals surface area contributed by atoms with Gasteiger partial charge in [-0.25, -0.2) is 4.79 Å². The molecule has 126 valence electrons. The third kappa shape index (κ3) is 3.30. The van der Waals surface area contributed by atoms with Gasteiger partial charge in [0.25, 0.3) is 0 Å². The second-order valence-electron chi connectivity index (χ2n) is 6.78. The average molecular weight is 324 g/mol. The molecule has 0 aliphatic heterocycles. The molecule has 24 heavy (non-hydrogen) atoms. The number of carboxylic acid groups (broad SMARTS) is 1. The van der Waals surface area contributed by atoms with Gasteiger partial charge in [-0.15, -0.1) is 0 Å². The van der Waals surface area contributed by atoms with E-state index in [0.717, 1.165) is 24.0 Å². The molecule has 1 saturated carbocycles. The van der Waals surface area contributed by atoms with Gasteiger partial charge in [0.05, 0.1) is 0 Å². The molecule has 3 heteroatoms. The zero-order chi connectivity index (χ0) is 17.1. The van der Waals surface area contributed by atoms with Gasteiger partial charge in [0, 0.05) is 11.5 Å². The standard InChI is InChI=1S/C21H24O3/c1-14(15-8-4-2-5-9-15)18-12-17(16-10-6-3-7-11-16)13-19(20(18)22)21(23)24/h2,4-5,8-9,12-14,16,22H,3,6-7,10-11H2,1H3,(H,23,24). The lowest BCUT2D eigenvalue weighted by molar-refractivity contribution is 0.0693. The van der Waals surface area contributed by atoms with E-state index in [1.165, 1.54) is 19.3 Å². The third-order valence-electron chi connectivity index (χ3n) is 5.23. The first-order valence-electron chi connectivity index (χ1n) is 8.73. The molecule has 1 aliphatic carbocycles. The zero-order valence-electron chi connectivity index (χ0n) is 14.0. The summed E-state index contributed by atoms with van der Waals surface area (Å²) in [5.41, 5.74) is 2.87. The van der Waals surface area contributed by atoms with Crippen molar-refractivity contribution in [3.05, 3.63) is 64.7 Å². The van der Waals surface area contributed by atoms with E-state index in [0.29, 0.717) is 11.5 Å². The van der Waals surface area contributed by atoms with E-state index in [4.69, 9.17) is 0 Å².